The van der Waals surface area contributed by atoms with Crippen LogP contribution in [0.3, 0.4) is 0 Å². The van der Waals surface area contributed by atoms with E-state index in [0.29, 0.717) is 5.75 Å². The molecule has 0 aliphatic carbocycles. The van der Waals surface area contributed by atoms with E-state index in [1.54, 1.807) is 0 Å². The van der Waals surface area contributed by atoms with Crippen LogP contribution in [-0.2, 0) is 95.0 Å². The summed E-state index contributed by atoms with van der Waals surface area (Å²) in [5.41, 5.74) is 0. The zero-order valence-electron chi connectivity index (χ0n) is 59.4. The number of hydrogen-bond acceptors (Lipinski definition) is 44. The SMILES string of the molecule is CNC(CSCC1O[C@H]2O[C@@H]3C(CO)O[C@H](O[C@@H]4C(CO)O[C@H](O[C@@H]5C(CO)O[C@@H](O[C@@H]6C(CSC[C@@H](CC(=O)CCOCCOCCC(C)=O)C(=O)NCCS)O[C@H](O[C@@H]7C(CO)O[C@@H](O[C@@H]8C(CO)O[C@@H](O[C@H]1[C@H](O)C2O)C(O)[C@H]8O)C(O)[C@H]7O)C(O)[C@H]6O)C(O)[C@H]5O)C(O)[C@H]4O)C(O)[C@H]3O)C(=O)NCCS. The first-order valence-corrected chi connectivity index (χ1v) is 39.2. The average molecular weight is 1660 g/mol. The molecule has 0 radical (unpaired) electrons. The third kappa shape index (κ3) is 23.6. The number of aliphatic hydroxyl groups is 19. The van der Waals surface area contributed by atoms with Gasteiger partial charge in [0.1, 0.15) is 170 Å². The molecule has 0 saturated carbocycles. The Bertz CT molecular complexity index is 2740. The molecule has 21 heterocycles. The Kier molecular flexibility index (Phi) is 38.0. The molecule has 0 aromatic carbocycles. The van der Waals surface area contributed by atoms with Crippen LogP contribution in [0.15, 0.2) is 0 Å². The number of likely N-dealkylation sites (N-methyl/N-ethyl adjacent to an activating group) is 1. The van der Waals surface area contributed by atoms with Crippen LogP contribution in [0.25, 0.3) is 0 Å². The van der Waals surface area contributed by atoms with E-state index in [-0.39, 0.29) is 93.3 Å². The summed E-state index contributed by atoms with van der Waals surface area (Å²) in [4.78, 5) is 51.3. The smallest absolute Gasteiger partial charge is 0.238 e. The molecule has 0 aromatic heterocycles. The number of Topliss-reactive ketones (excluding diaryl/α,β-unsaturated/α-hetero) is 2. The second-order valence-corrected chi connectivity index (χ2v) is 30.1. The minimum Gasteiger partial charge on any atom is -0.394 e. The molecular formula is C63H107N3O39S4. The molecule has 2 amide bonds. The van der Waals surface area contributed by atoms with Gasteiger partial charge in [-0.25, -0.2) is 0 Å². The highest BCUT2D eigenvalue weighted by Gasteiger charge is 2.60. The third-order valence-electron chi connectivity index (χ3n) is 19.4. The molecule has 21 saturated heterocycles. The summed E-state index contributed by atoms with van der Waals surface area (Å²) in [6.07, 6.45) is -72.0. The van der Waals surface area contributed by atoms with Gasteiger partial charge in [-0.3, -0.25) is 19.2 Å². The summed E-state index contributed by atoms with van der Waals surface area (Å²) in [6, 6.07) is -0.860. The molecule has 21 rings (SSSR count). The number of hydrogen-bond donors (Lipinski definition) is 24. The Balaban J connectivity index is 1.09. The van der Waals surface area contributed by atoms with E-state index in [4.69, 9.17) is 75.8 Å². The zero-order chi connectivity index (χ0) is 79.7. The van der Waals surface area contributed by atoms with Gasteiger partial charge in [-0.15, -0.1) is 0 Å². The third-order valence-corrected chi connectivity index (χ3v) is 22.2. The Hall–Kier alpha value is -1.76. The summed E-state index contributed by atoms with van der Waals surface area (Å²) in [5, 5.41) is 227. The van der Waals surface area contributed by atoms with E-state index >= 15 is 0 Å². The molecule has 21 fully saturated rings. The van der Waals surface area contributed by atoms with E-state index in [1.165, 1.54) is 14.0 Å². The quantitative estimate of drug-likeness (QED) is 0.0226. The fourth-order valence-electron chi connectivity index (χ4n) is 13.3. The van der Waals surface area contributed by atoms with Crippen molar-refractivity contribution in [2.24, 2.45) is 5.92 Å². The highest BCUT2D eigenvalue weighted by molar-refractivity contribution is 7.99. The van der Waals surface area contributed by atoms with Crippen LogP contribution in [0, 0.1) is 5.92 Å². The van der Waals surface area contributed by atoms with Crippen LogP contribution in [0.2, 0.25) is 0 Å². The Morgan fingerprint density at radius 3 is 0.908 bits per heavy atom. The normalized spacial score (nSPS) is 43.0. The molecule has 46 heteroatoms. The molecule has 21 aliphatic heterocycles. The molecule has 14 bridgehead atoms. The van der Waals surface area contributed by atoms with Crippen molar-refractivity contribution in [3.63, 3.8) is 0 Å². The van der Waals surface area contributed by atoms with Crippen LogP contribution in [0.4, 0.5) is 0 Å². The number of amides is 2. The monoisotopic (exact) mass is 1660 g/mol. The lowest BCUT2D eigenvalue weighted by atomic mass is 9.95. The molecule has 632 valence electrons. The van der Waals surface area contributed by atoms with Gasteiger partial charge in [-0.05, 0) is 14.0 Å². The lowest BCUT2D eigenvalue weighted by Crippen LogP contribution is -2.68. The van der Waals surface area contributed by atoms with Gasteiger partial charge in [-0.2, -0.15) is 48.8 Å². The van der Waals surface area contributed by atoms with Crippen molar-refractivity contribution < 1.29 is 192 Å². The predicted molar refractivity (Wildman–Crippen MR) is 370 cm³/mol. The van der Waals surface area contributed by atoms with Crippen molar-refractivity contribution in [1.82, 2.24) is 16.0 Å². The number of carbonyl (C=O) groups is 4. The fraction of sp³-hybridized carbons (Fsp3) is 0.937. The first-order chi connectivity index (χ1) is 52.1. The second-order valence-electron chi connectivity index (χ2n) is 27.1. The van der Waals surface area contributed by atoms with Crippen LogP contribution in [-0.4, -0.2) is 456 Å². The highest BCUT2D eigenvalue weighted by atomic mass is 32.2. The van der Waals surface area contributed by atoms with Gasteiger partial charge in [-0.1, -0.05) is 0 Å². The summed E-state index contributed by atoms with van der Waals surface area (Å²) in [7, 11) is 1.50. The number of nitrogens with one attached hydrogen (secondary N) is 3. The lowest BCUT2D eigenvalue weighted by Gasteiger charge is -2.50. The molecule has 0 spiro atoms. The van der Waals surface area contributed by atoms with E-state index in [2.05, 4.69) is 41.2 Å². The number of ketones is 2. The Labute approximate surface area is 644 Å². The number of thiol groups is 2. The largest absolute Gasteiger partial charge is 0.394 e. The van der Waals surface area contributed by atoms with Crippen molar-refractivity contribution >= 4 is 72.2 Å². The van der Waals surface area contributed by atoms with Crippen molar-refractivity contribution in [3.05, 3.63) is 0 Å². The van der Waals surface area contributed by atoms with E-state index in [0.717, 1.165) is 23.5 Å². The van der Waals surface area contributed by atoms with Gasteiger partial charge in [0.2, 0.25) is 11.8 Å². The Morgan fingerprint density at radius 1 is 0.367 bits per heavy atom. The first-order valence-electron chi connectivity index (χ1n) is 35.6. The molecule has 21 aliphatic rings. The molecule has 0 aromatic rings. The molecule has 37 atom stereocenters. The topological polar surface area (TPSA) is 636 Å². The first kappa shape index (κ1) is 92.7. The minimum atomic E-state index is -2.29. The van der Waals surface area contributed by atoms with Crippen molar-refractivity contribution in [2.45, 2.75) is 247 Å². The number of thioether (sulfide) groups is 2. The molecule has 42 nitrogen and oxygen atoms in total. The maximum Gasteiger partial charge on any atom is 0.238 e. The van der Waals surface area contributed by atoms with Gasteiger partial charge >= 0.3 is 0 Å². The van der Waals surface area contributed by atoms with E-state index in [1.807, 2.05) is 0 Å². The summed E-state index contributed by atoms with van der Waals surface area (Å²) >= 11 is 10.2. The fourth-order valence-corrected chi connectivity index (χ4v) is 15.9. The van der Waals surface area contributed by atoms with Crippen molar-refractivity contribution in [2.75, 3.05) is 114 Å². The van der Waals surface area contributed by atoms with Crippen LogP contribution in [0.1, 0.15) is 26.2 Å². The number of carbonyl (C=O) groups excluding carboxylic acids is 4. The number of aliphatic hydroxyl groups excluding tert-OH is 19. The van der Waals surface area contributed by atoms with Gasteiger partial charge in [0.05, 0.1) is 83.6 Å². The van der Waals surface area contributed by atoms with Crippen molar-refractivity contribution in [3.8, 4) is 0 Å². The summed E-state index contributed by atoms with van der Waals surface area (Å²) in [6.45, 7) is -3.37. The van der Waals surface area contributed by atoms with Gasteiger partial charge in [0.15, 0.2) is 44.0 Å². The number of rotatable bonds is 31. The van der Waals surface area contributed by atoms with Crippen LogP contribution in [0.5, 0.6) is 0 Å². The molecular weight excluding hydrogens is 1550 g/mol. The van der Waals surface area contributed by atoms with E-state index in [9.17, 15) is 116 Å². The van der Waals surface area contributed by atoms with E-state index < -0.39 is 278 Å². The maximum atomic E-state index is 13.7. The molecule has 22 N–H and O–H groups in total. The standard InChI is InChI=1S/C63H107N3O39S4/c1-23(72)3-7-90-9-10-91-8-4-25(73)13-24(55(88)65-5-11-106)19-108-21-32-53-39(79)46(86)62(97-32)102-51-30(17-70)93-59(42(82)35(51)75)101-50-29(16-69)96-61(45(85)38(50)78)105-54-33(22-109-20-26(64-2)56(89)66-6-12-107)98-63(47(87)40(54)80)103-52-31(18-71)94-58(43(83)36(52)76)99-48-27(14-67)92-57(41(81)34(48)74)100-49-28(15-68)95-60(104-53)44(84)37(49)77/h24,26-54,57-64,67-71,74-87,106-107H,3-22H2,1-2H3,(H,65,88)(H,66,89)/t24-,26?,27?,28?,29?,30?,31?,32?,33?,34-,35-,36-,37-,38-,39-,40-,41?,42?,43?,44?,45?,46?,47?,48-,49-,50-,51-,52-,53-,54-,57-,58-,59+,60+,61+,62-,63+/m1/s1. The summed E-state index contributed by atoms with van der Waals surface area (Å²) in [5.74, 6) is -2.89. The Morgan fingerprint density at radius 2 is 0.633 bits per heavy atom. The number of ether oxygens (including phenoxy) is 16. The van der Waals surface area contributed by atoms with Gasteiger partial charge < -0.3 is 189 Å². The average Bonchev–Trinajstić information content (AvgIpc) is 0.804. The predicted octanol–water partition coefficient (Wildman–Crippen LogP) is -13.1. The van der Waals surface area contributed by atoms with Gasteiger partial charge in [0, 0.05) is 66.9 Å². The zero-order valence-corrected chi connectivity index (χ0v) is 62.8. The highest BCUT2D eigenvalue weighted by Crippen LogP contribution is 2.40. The minimum absolute atomic E-state index is 0.0103. The van der Waals surface area contributed by atoms with Crippen molar-refractivity contribution in [1.29, 1.82) is 0 Å². The van der Waals surface area contributed by atoms with Crippen LogP contribution >= 0.6 is 48.8 Å². The van der Waals surface area contributed by atoms with Crippen LogP contribution < -0.4 is 16.0 Å². The molecule has 109 heavy (non-hydrogen) atoms. The van der Waals surface area contributed by atoms with Gasteiger partial charge in [0.25, 0.3) is 0 Å². The maximum absolute atomic E-state index is 13.7. The second kappa shape index (κ2) is 44.7. The summed E-state index contributed by atoms with van der Waals surface area (Å²) < 4.78 is 94.6. The lowest BCUT2D eigenvalue weighted by molar-refractivity contribution is -0.395. The molecule has 15 unspecified atom stereocenters.